The van der Waals surface area contributed by atoms with Crippen molar-refractivity contribution in [1.82, 2.24) is 5.32 Å². The van der Waals surface area contributed by atoms with Gasteiger partial charge >= 0.3 is 18.1 Å². The average molecular weight is 249 g/mol. The SMILES string of the molecule is C[C@@H](C(=O)O)C(=O)NCC(F)(F)C(F)(F)F. The summed E-state index contributed by atoms with van der Waals surface area (Å²) in [5.41, 5.74) is 0. The van der Waals surface area contributed by atoms with Crippen LogP contribution < -0.4 is 5.32 Å². The van der Waals surface area contributed by atoms with Gasteiger partial charge in [-0.1, -0.05) is 0 Å². The zero-order chi connectivity index (χ0) is 13.1. The van der Waals surface area contributed by atoms with Crippen molar-refractivity contribution in [3.8, 4) is 0 Å². The third kappa shape index (κ3) is 3.63. The van der Waals surface area contributed by atoms with E-state index in [2.05, 4.69) is 0 Å². The first-order valence-electron chi connectivity index (χ1n) is 3.94. The van der Waals surface area contributed by atoms with E-state index in [1.165, 1.54) is 5.32 Å². The molecule has 0 fully saturated rings. The van der Waals surface area contributed by atoms with Crippen molar-refractivity contribution in [2.45, 2.75) is 19.0 Å². The van der Waals surface area contributed by atoms with Crippen LogP contribution >= 0.6 is 0 Å². The van der Waals surface area contributed by atoms with Gasteiger partial charge in [0.25, 0.3) is 0 Å². The normalized spacial score (nSPS) is 14.4. The molecule has 0 radical (unpaired) electrons. The van der Waals surface area contributed by atoms with Crippen molar-refractivity contribution in [2.75, 3.05) is 6.54 Å². The second kappa shape index (κ2) is 4.62. The van der Waals surface area contributed by atoms with Gasteiger partial charge in [0.15, 0.2) is 0 Å². The lowest BCUT2D eigenvalue weighted by Gasteiger charge is -2.20. The number of hydrogen-bond donors (Lipinski definition) is 2. The molecule has 1 atom stereocenters. The summed E-state index contributed by atoms with van der Waals surface area (Å²) >= 11 is 0. The number of rotatable bonds is 4. The van der Waals surface area contributed by atoms with Crippen LogP contribution in [0.2, 0.25) is 0 Å². The molecule has 0 saturated carbocycles. The molecule has 0 saturated heterocycles. The Hall–Kier alpha value is -1.41. The number of carboxylic acids is 1. The number of carbonyl (C=O) groups excluding carboxylic acids is 1. The van der Waals surface area contributed by atoms with Gasteiger partial charge in [-0.2, -0.15) is 22.0 Å². The highest BCUT2D eigenvalue weighted by Crippen LogP contribution is 2.34. The lowest BCUT2D eigenvalue weighted by molar-refractivity contribution is -0.278. The topological polar surface area (TPSA) is 66.4 Å². The molecule has 0 aliphatic carbocycles. The molecule has 9 heteroatoms. The minimum absolute atomic E-state index is 0.864. The summed E-state index contributed by atoms with van der Waals surface area (Å²) in [7, 11) is 0. The monoisotopic (exact) mass is 249 g/mol. The van der Waals surface area contributed by atoms with E-state index in [4.69, 9.17) is 5.11 Å². The molecule has 0 spiro atoms. The van der Waals surface area contributed by atoms with Crippen LogP contribution in [0.25, 0.3) is 0 Å². The molecule has 0 heterocycles. The fraction of sp³-hybridized carbons (Fsp3) is 0.714. The zero-order valence-electron chi connectivity index (χ0n) is 7.94. The Labute approximate surface area is 86.4 Å². The van der Waals surface area contributed by atoms with Gasteiger partial charge < -0.3 is 10.4 Å². The van der Waals surface area contributed by atoms with Crippen molar-refractivity contribution >= 4 is 11.9 Å². The Balaban J connectivity index is 4.37. The maximum atomic E-state index is 12.3. The molecular weight excluding hydrogens is 241 g/mol. The third-order valence-corrected chi connectivity index (χ3v) is 1.66. The summed E-state index contributed by atoms with van der Waals surface area (Å²) in [6.07, 6.45) is -5.78. The van der Waals surface area contributed by atoms with Crippen molar-refractivity contribution in [2.24, 2.45) is 5.92 Å². The molecule has 0 aliphatic rings. The van der Waals surface area contributed by atoms with Gasteiger partial charge in [-0.15, -0.1) is 0 Å². The summed E-state index contributed by atoms with van der Waals surface area (Å²) in [5, 5.41) is 9.49. The highest BCUT2D eigenvalue weighted by molar-refractivity contribution is 5.96. The summed E-state index contributed by atoms with van der Waals surface area (Å²) in [5.74, 6) is -9.80. The second-order valence-corrected chi connectivity index (χ2v) is 2.98. The zero-order valence-corrected chi connectivity index (χ0v) is 7.94. The van der Waals surface area contributed by atoms with Crippen molar-refractivity contribution < 1.29 is 36.6 Å². The van der Waals surface area contributed by atoms with Crippen LogP contribution in [0.5, 0.6) is 0 Å². The molecule has 0 aromatic rings. The Morgan fingerprint density at radius 1 is 1.25 bits per heavy atom. The molecule has 0 unspecified atom stereocenters. The molecule has 0 rings (SSSR count). The Bertz CT molecular complexity index is 288. The minimum Gasteiger partial charge on any atom is -0.481 e. The van der Waals surface area contributed by atoms with Crippen molar-refractivity contribution in [3.05, 3.63) is 0 Å². The van der Waals surface area contributed by atoms with Gasteiger partial charge in [0, 0.05) is 0 Å². The van der Waals surface area contributed by atoms with Crippen molar-refractivity contribution in [3.63, 3.8) is 0 Å². The lowest BCUT2D eigenvalue weighted by atomic mass is 10.1. The molecule has 4 nitrogen and oxygen atoms in total. The first-order chi connectivity index (χ1) is 6.99. The molecule has 0 aliphatic heterocycles. The standard InChI is InChI=1S/C7H8F5NO3/c1-3(5(15)16)4(14)13-2-6(8,9)7(10,11)12/h3H,2H2,1H3,(H,13,14)(H,15,16)/t3-/m1/s1. The fourth-order valence-corrected chi connectivity index (χ4v) is 0.564. The Morgan fingerprint density at radius 2 is 1.69 bits per heavy atom. The van der Waals surface area contributed by atoms with E-state index in [-0.39, 0.29) is 0 Å². The molecule has 0 aromatic carbocycles. The predicted octanol–water partition coefficient (Wildman–Crippen LogP) is 1.02. The van der Waals surface area contributed by atoms with E-state index in [1.54, 1.807) is 0 Å². The van der Waals surface area contributed by atoms with Crippen LogP contribution in [0.3, 0.4) is 0 Å². The molecule has 94 valence electrons. The molecule has 0 aromatic heterocycles. The van der Waals surface area contributed by atoms with Gasteiger partial charge in [-0.25, -0.2) is 0 Å². The van der Waals surface area contributed by atoms with Crippen LogP contribution in [-0.4, -0.2) is 35.6 Å². The number of hydrogen-bond acceptors (Lipinski definition) is 2. The van der Waals surface area contributed by atoms with E-state index >= 15 is 0 Å². The number of nitrogens with one attached hydrogen (secondary N) is 1. The molecule has 0 bridgehead atoms. The summed E-state index contributed by atoms with van der Waals surface area (Å²) in [4.78, 5) is 21.0. The average Bonchev–Trinajstić information content (AvgIpc) is 2.11. The second-order valence-electron chi connectivity index (χ2n) is 2.98. The number of carbonyl (C=O) groups is 2. The third-order valence-electron chi connectivity index (χ3n) is 1.66. The van der Waals surface area contributed by atoms with Crippen LogP contribution in [0, 0.1) is 5.92 Å². The molecule has 1 amide bonds. The molecule has 2 N–H and O–H groups in total. The number of carboxylic acid groups (broad SMARTS) is 1. The van der Waals surface area contributed by atoms with E-state index in [9.17, 15) is 31.5 Å². The molecular formula is C7H8F5NO3. The summed E-state index contributed by atoms with van der Waals surface area (Å²) < 4.78 is 59.4. The quantitative estimate of drug-likeness (QED) is 0.577. The highest BCUT2D eigenvalue weighted by atomic mass is 19.4. The van der Waals surface area contributed by atoms with E-state index in [0.29, 0.717) is 0 Å². The largest absolute Gasteiger partial charge is 0.481 e. The van der Waals surface area contributed by atoms with E-state index < -0.39 is 36.4 Å². The summed E-state index contributed by atoms with van der Waals surface area (Å²) in [6.45, 7) is -1.11. The number of alkyl halides is 5. The first-order valence-corrected chi connectivity index (χ1v) is 3.94. The van der Waals surface area contributed by atoms with Crippen LogP contribution in [0.4, 0.5) is 22.0 Å². The maximum Gasteiger partial charge on any atom is 0.455 e. The first kappa shape index (κ1) is 14.6. The van der Waals surface area contributed by atoms with Gasteiger partial charge in [0.1, 0.15) is 5.92 Å². The smallest absolute Gasteiger partial charge is 0.455 e. The van der Waals surface area contributed by atoms with Gasteiger partial charge in [0.05, 0.1) is 6.54 Å². The number of amides is 1. The van der Waals surface area contributed by atoms with E-state index in [1.807, 2.05) is 0 Å². The summed E-state index contributed by atoms with van der Waals surface area (Å²) in [6, 6.07) is 0. The van der Waals surface area contributed by atoms with Crippen LogP contribution in [0.1, 0.15) is 6.92 Å². The van der Waals surface area contributed by atoms with Gasteiger partial charge in [-0.05, 0) is 6.92 Å². The fourth-order valence-electron chi connectivity index (χ4n) is 0.564. The predicted molar refractivity (Wildman–Crippen MR) is 40.8 cm³/mol. The lowest BCUT2D eigenvalue weighted by Crippen LogP contribution is -2.48. The minimum atomic E-state index is -5.78. The number of aliphatic carboxylic acids is 1. The highest BCUT2D eigenvalue weighted by Gasteiger charge is 2.57. The Kier molecular flexibility index (Phi) is 4.21. The Morgan fingerprint density at radius 3 is 2.00 bits per heavy atom. The molecule has 16 heavy (non-hydrogen) atoms. The van der Waals surface area contributed by atoms with E-state index in [0.717, 1.165) is 6.92 Å². The van der Waals surface area contributed by atoms with Crippen molar-refractivity contribution in [1.29, 1.82) is 0 Å². The van der Waals surface area contributed by atoms with Gasteiger partial charge in [-0.3, -0.25) is 9.59 Å². The van der Waals surface area contributed by atoms with Crippen LogP contribution in [-0.2, 0) is 9.59 Å². The maximum absolute atomic E-state index is 12.3. The van der Waals surface area contributed by atoms with Gasteiger partial charge in [0.2, 0.25) is 5.91 Å². The number of halogens is 5. The van der Waals surface area contributed by atoms with Crippen LogP contribution in [0.15, 0.2) is 0 Å².